The smallest absolute Gasteiger partial charge is 0.250 e. The number of aryl methyl sites for hydroxylation is 1. The number of nitrogens with two attached hydrogens (primary N) is 1. The van der Waals surface area contributed by atoms with Crippen LogP contribution in [0, 0.1) is 6.92 Å². The maximum absolute atomic E-state index is 11.0. The van der Waals surface area contributed by atoms with Gasteiger partial charge in [-0.1, -0.05) is 11.6 Å². The highest BCUT2D eigenvalue weighted by molar-refractivity contribution is 7.09. The molecular weight excluding hydrogens is 270 g/mol. The summed E-state index contributed by atoms with van der Waals surface area (Å²) in [7, 11) is 0. The molecule has 0 saturated carbocycles. The molecule has 18 heavy (non-hydrogen) atoms. The monoisotopic (exact) mass is 281 g/mol. The molecule has 3 N–H and O–H groups in total. The lowest BCUT2D eigenvalue weighted by Crippen LogP contribution is -2.11. The number of aromatic nitrogens is 1. The van der Waals surface area contributed by atoms with Gasteiger partial charge < -0.3 is 11.1 Å². The van der Waals surface area contributed by atoms with Gasteiger partial charge in [-0.2, -0.15) is 0 Å². The first-order valence-corrected chi connectivity index (χ1v) is 6.56. The summed E-state index contributed by atoms with van der Waals surface area (Å²) in [5.74, 6) is -0.526. The number of anilines is 1. The van der Waals surface area contributed by atoms with Gasteiger partial charge in [0.15, 0.2) is 0 Å². The molecule has 0 spiro atoms. The number of benzene rings is 1. The van der Waals surface area contributed by atoms with Gasteiger partial charge in [0.2, 0.25) is 5.91 Å². The number of rotatable bonds is 4. The number of nitrogens with zero attached hydrogens (tertiary/aromatic N) is 1. The molecule has 0 aliphatic carbocycles. The Kier molecular flexibility index (Phi) is 3.84. The molecule has 0 bridgehead atoms. The zero-order valence-electron chi connectivity index (χ0n) is 9.74. The van der Waals surface area contributed by atoms with Gasteiger partial charge in [-0.05, 0) is 25.1 Å². The number of carbonyl (C=O) groups is 1. The Morgan fingerprint density at radius 3 is 2.89 bits per heavy atom. The fraction of sp³-hybridized carbons (Fsp3) is 0.167. The average molecular weight is 282 g/mol. The number of halogens is 1. The fourth-order valence-electron chi connectivity index (χ4n) is 1.49. The van der Waals surface area contributed by atoms with Gasteiger partial charge in [-0.25, -0.2) is 4.98 Å². The standard InChI is InChI=1S/C12H12ClN3OS/c1-7-6-18-11(16-7)5-15-8-2-3-9(12(14)17)10(13)4-8/h2-4,6,15H,5H2,1H3,(H2,14,17). The van der Waals surface area contributed by atoms with E-state index < -0.39 is 5.91 Å². The van der Waals surface area contributed by atoms with Crippen LogP contribution >= 0.6 is 22.9 Å². The van der Waals surface area contributed by atoms with Crippen LogP contribution in [0.3, 0.4) is 0 Å². The van der Waals surface area contributed by atoms with Crippen LogP contribution in [0.5, 0.6) is 0 Å². The number of hydrogen-bond acceptors (Lipinski definition) is 4. The molecule has 2 aromatic rings. The molecule has 0 aliphatic rings. The molecule has 1 heterocycles. The molecule has 6 heteroatoms. The third kappa shape index (κ3) is 3.00. The van der Waals surface area contributed by atoms with Crippen LogP contribution in [0.4, 0.5) is 5.69 Å². The van der Waals surface area contributed by atoms with Crippen molar-refractivity contribution < 1.29 is 4.79 Å². The maximum Gasteiger partial charge on any atom is 0.250 e. The predicted molar refractivity (Wildman–Crippen MR) is 74.1 cm³/mol. The van der Waals surface area contributed by atoms with Gasteiger partial charge in [0.1, 0.15) is 5.01 Å². The number of carbonyl (C=O) groups excluding carboxylic acids is 1. The topological polar surface area (TPSA) is 68.0 Å². The van der Waals surface area contributed by atoms with Gasteiger partial charge in [-0.15, -0.1) is 11.3 Å². The van der Waals surface area contributed by atoms with Gasteiger partial charge in [0.05, 0.1) is 17.1 Å². The molecule has 94 valence electrons. The number of nitrogens with one attached hydrogen (secondary N) is 1. The van der Waals surface area contributed by atoms with Crippen LogP contribution in [0.2, 0.25) is 5.02 Å². The molecule has 4 nitrogen and oxygen atoms in total. The number of amides is 1. The quantitative estimate of drug-likeness (QED) is 0.905. The second-order valence-corrected chi connectivity index (χ2v) is 5.14. The summed E-state index contributed by atoms with van der Waals surface area (Å²) in [6, 6.07) is 5.06. The molecule has 0 saturated heterocycles. The zero-order chi connectivity index (χ0) is 13.1. The van der Waals surface area contributed by atoms with E-state index in [0.717, 1.165) is 16.4 Å². The summed E-state index contributed by atoms with van der Waals surface area (Å²) in [5, 5.41) is 6.55. The second-order valence-electron chi connectivity index (χ2n) is 3.80. The van der Waals surface area contributed by atoms with Gasteiger partial charge in [-0.3, -0.25) is 4.79 Å². The molecule has 0 unspecified atom stereocenters. The Balaban J connectivity index is 2.06. The Bertz CT molecular complexity index is 582. The molecule has 0 atom stereocenters. The largest absolute Gasteiger partial charge is 0.378 e. The molecular formula is C12H12ClN3OS. The molecule has 0 fully saturated rings. The summed E-state index contributed by atoms with van der Waals surface area (Å²) >= 11 is 7.56. The minimum absolute atomic E-state index is 0.326. The summed E-state index contributed by atoms with van der Waals surface area (Å²) in [6.45, 7) is 2.59. The van der Waals surface area contributed by atoms with Crippen LogP contribution in [-0.4, -0.2) is 10.9 Å². The number of primary amides is 1. The first-order valence-electron chi connectivity index (χ1n) is 5.30. The SMILES string of the molecule is Cc1csc(CNc2ccc(C(N)=O)c(Cl)c2)n1. The van der Waals surface area contributed by atoms with Crippen molar-refractivity contribution in [1.29, 1.82) is 0 Å². The van der Waals surface area contributed by atoms with E-state index in [0.29, 0.717) is 17.1 Å². The second kappa shape index (κ2) is 5.37. The highest BCUT2D eigenvalue weighted by Crippen LogP contribution is 2.21. The van der Waals surface area contributed by atoms with Crippen molar-refractivity contribution in [3.05, 3.63) is 44.9 Å². The van der Waals surface area contributed by atoms with Gasteiger partial charge >= 0.3 is 0 Å². The van der Waals surface area contributed by atoms with Crippen LogP contribution in [-0.2, 0) is 6.54 Å². The Hall–Kier alpha value is -1.59. The van der Waals surface area contributed by atoms with Crippen LogP contribution in [0.1, 0.15) is 21.1 Å². The summed E-state index contributed by atoms with van der Waals surface area (Å²) in [4.78, 5) is 15.4. The Morgan fingerprint density at radius 2 is 2.33 bits per heavy atom. The average Bonchev–Trinajstić information content (AvgIpc) is 2.72. The van der Waals surface area contributed by atoms with Crippen LogP contribution < -0.4 is 11.1 Å². The van der Waals surface area contributed by atoms with Crippen molar-refractivity contribution in [1.82, 2.24) is 4.98 Å². The van der Waals surface area contributed by atoms with Crippen molar-refractivity contribution in [2.24, 2.45) is 5.73 Å². The highest BCUT2D eigenvalue weighted by atomic mass is 35.5. The number of hydrogen-bond donors (Lipinski definition) is 2. The van der Waals surface area contributed by atoms with E-state index in [9.17, 15) is 4.79 Å². The maximum atomic E-state index is 11.0. The minimum atomic E-state index is -0.526. The summed E-state index contributed by atoms with van der Waals surface area (Å²) in [5.41, 5.74) is 7.35. The van der Waals surface area contributed by atoms with Crippen molar-refractivity contribution in [2.45, 2.75) is 13.5 Å². The predicted octanol–water partition coefficient (Wildman–Crippen LogP) is 2.82. The lowest BCUT2D eigenvalue weighted by atomic mass is 10.2. The fourth-order valence-corrected chi connectivity index (χ4v) is 2.47. The van der Waals surface area contributed by atoms with Crippen molar-refractivity contribution in [3.63, 3.8) is 0 Å². The lowest BCUT2D eigenvalue weighted by Gasteiger charge is -2.06. The molecule has 0 radical (unpaired) electrons. The van der Waals surface area contributed by atoms with E-state index in [4.69, 9.17) is 17.3 Å². The van der Waals surface area contributed by atoms with Crippen molar-refractivity contribution >= 4 is 34.5 Å². The van der Waals surface area contributed by atoms with Gasteiger partial charge in [0, 0.05) is 16.8 Å². The molecule has 0 aliphatic heterocycles. The van der Waals surface area contributed by atoms with Crippen LogP contribution in [0.25, 0.3) is 0 Å². The summed E-state index contributed by atoms with van der Waals surface area (Å²) < 4.78 is 0. The molecule has 2 rings (SSSR count). The Labute approximate surface area is 114 Å². The first-order chi connectivity index (χ1) is 8.56. The molecule has 1 aromatic carbocycles. The minimum Gasteiger partial charge on any atom is -0.378 e. The normalized spacial score (nSPS) is 10.3. The van der Waals surface area contributed by atoms with Gasteiger partial charge in [0.25, 0.3) is 0 Å². The van der Waals surface area contributed by atoms with E-state index >= 15 is 0 Å². The third-order valence-corrected chi connectivity index (χ3v) is 3.62. The van der Waals surface area contributed by atoms with E-state index in [-0.39, 0.29) is 0 Å². The molecule has 1 aromatic heterocycles. The summed E-state index contributed by atoms with van der Waals surface area (Å²) in [6.07, 6.45) is 0. The third-order valence-electron chi connectivity index (χ3n) is 2.34. The van der Waals surface area contributed by atoms with E-state index in [1.165, 1.54) is 0 Å². The number of thiazole rings is 1. The van der Waals surface area contributed by atoms with E-state index in [2.05, 4.69) is 10.3 Å². The first kappa shape index (κ1) is 12.9. The van der Waals surface area contributed by atoms with Crippen molar-refractivity contribution in [2.75, 3.05) is 5.32 Å². The Morgan fingerprint density at radius 1 is 1.56 bits per heavy atom. The zero-order valence-corrected chi connectivity index (χ0v) is 11.3. The highest BCUT2D eigenvalue weighted by Gasteiger charge is 2.07. The molecule has 1 amide bonds. The van der Waals surface area contributed by atoms with Crippen LogP contribution in [0.15, 0.2) is 23.6 Å². The van der Waals surface area contributed by atoms with E-state index in [1.54, 1.807) is 29.5 Å². The lowest BCUT2D eigenvalue weighted by molar-refractivity contribution is 0.100. The van der Waals surface area contributed by atoms with Crippen molar-refractivity contribution in [3.8, 4) is 0 Å². The van der Waals surface area contributed by atoms with E-state index in [1.807, 2.05) is 12.3 Å².